The highest BCUT2D eigenvalue weighted by atomic mass is 19.3. The van der Waals surface area contributed by atoms with Gasteiger partial charge in [-0.2, -0.15) is 8.78 Å². The van der Waals surface area contributed by atoms with E-state index >= 15 is 0 Å². The summed E-state index contributed by atoms with van der Waals surface area (Å²) in [4.78, 5) is 13.7. The average molecular weight is 349 g/mol. The first-order valence-corrected chi connectivity index (χ1v) is 8.00. The molecule has 1 amide bonds. The summed E-state index contributed by atoms with van der Waals surface area (Å²) < 4.78 is 34.0. The van der Waals surface area contributed by atoms with Crippen LogP contribution in [0.15, 0.2) is 54.6 Å². The van der Waals surface area contributed by atoms with E-state index < -0.39 is 6.61 Å². The summed E-state index contributed by atoms with van der Waals surface area (Å²) in [5.74, 6) is 0.888. The fourth-order valence-electron chi connectivity index (χ4n) is 2.22. The van der Waals surface area contributed by atoms with Crippen LogP contribution >= 0.6 is 0 Å². The number of benzene rings is 2. The van der Waals surface area contributed by atoms with E-state index in [1.807, 2.05) is 30.3 Å². The van der Waals surface area contributed by atoms with E-state index in [9.17, 15) is 13.6 Å². The molecule has 2 aromatic carbocycles. The molecule has 0 atom stereocenters. The van der Waals surface area contributed by atoms with Crippen LogP contribution in [-0.2, 0) is 11.2 Å². The lowest BCUT2D eigenvalue weighted by molar-refractivity contribution is -0.130. The smallest absolute Gasteiger partial charge is 0.387 e. The molecule has 4 nitrogen and oxygen atoms in total. The maximum Gasteiger partial charge on any atom is 0.387 e. The van der Waals surface area contributed by atoms with Gasteiger partial charge in [0, 0.05) is 13.5 Å². The Bertz CT molecular complexity index is 647. The zero-order chi connectivity index (χ0) is 18.1. The highest BCUT2D eigenvalue weighted by Gasteiger charge is 2.09. The number of rotatable bonds is 9. The Kier molecular flexibility index (Phi) is 7.19. The molecule has 134 valence electrons. The van der Waals surface area contributed by atoms with Gasteiger partial charge in [-0.1, -0.05) is 30.3 Å². The minimum absolute atomic E-state index is 0.00423. The Morgan fingerprint density at radius 2 is 1.72 bits per heavy atom. The van der Waals surface area contributed by atoms with Crippen molar-refractivity contribution in [1.82, 2.24) is 4.90 Å². The van der Waals surface area contributed by atoms with E-state index in [0.717, 1.165) is 11.3 Å². The molecule has 0 saturated carbocycles. The van der Waals surface area contributed by atoms with Gasteiger partial charge in [0.05, 0.1) is 6.54 Å². The second-order valence-corrected chi connectivity index (χ2v) is 5.50. The summed E-state index contributed by atoms with van der Waals surface area (Å²) in [6, 6.07) is 15.7. The van der Waals surface area contributed by atoms with Crippen LogP contribution in [0, 0.1) is 0 Å². The molecule has 0 saturated heterocycles. The van der Waals surface area contributed by atoms with Crippen molar-refractivity contribution in [3.05, 3.63) is 60.2 Å². The van der Waals surface area contributed by atoms with Gasteiger partial charge in [0.2, 0.25) is 5.91 Å². The van der Waals surface area contributed by atoms with Crippen molar-refractivity contribution in [2.24, 2.45) is 0 Å². The molecule has 0 N–H and O–H groups in total. The van der Waals surface area contributed by atoms with Gasteiger partial charge in [0.25, 0.3) is 0 Å². The predicted octanol–water partition coefficient (Wildman–Crippen LogP) is 3.76. The van der Waals surface area contributed by atoms with Gasteiger partial charge in [-0.25, -0.2) is 0 Å². The van der Waals surface area contributed by atoms with Gasteiger partial charge in [-0.05, 0) is 36.2 Å². The Labute approximate surface area is 146 Å². The summed E-state index contributed by atoms with van der Waals surface area (Å²) >= 11 is 0. The number of carbonyl (C=O) groups excluding carboxylic acids is 1. The molecule has 2 rings (SSSR count). The average Bonchev–Trinajstić information content (AvgIpc) is 2.61. The molecule has 0 aromatic heterocycles. The molecular weight excluding hydrogens is 328 g/mol. The van der Waals surface area contributed by atoms with Crippen molar-refractivity contribution in [1.29, 1.82) is 0 Å². The lowest BCUT2D eigenvalue weighted by atomic mass is 10.1. The van der Waals surface area contributed by atoms with Crippen LogP contribution in [0.1, 0.15) is 12.0 Å². The summed E-state index contributed by atoms with van der Waals surface area (Å²) in [5, 5.41) is 0. The number of para-hydroxylation sites is 1. The second-order valence-electron chi connectivity index (χ2n) is 5.50. The topological polar surface area (TPSA) is 38.8 Å². The van der Waals surface area contributed by atoms with Crippen LogP contribution in [0.5, 0.6) is 11.5 Å². The third-order valence-corrected chi connectivity index (χ3v) is 3.64. The van der Waals surface area contributed by atoms with E-state index in [4.69, 9.17) is 4.74 Å². The minimum Gasteiger partial charge on any atom is -0.492 e. The van der Waals surface area contributed by atoms with Crippen LogP contribution in [0.3, 0.4) is 0 Å². The van der Waals surface area contributed by atoms with E-state index in [-0.39, 0.29) is 11.7 Å². The molecule has 0 spiro atoms. The normalized spacial score (nSPS) is 10.6. The molecule has 2 aromatic rings. The van der Waals surface area contributed by atoms with Crippen molar-refractivity contribution in [2.75, 3.05) is 20.2 Å². The van der Waals surface area contributed by atoms with Crippen LogP contribution in [0.4, 0.5) is 8.78 Å². The second kappa shape index (κ2) is 9.61. The van der Waals surface area contributed by atoms with E-state index in [1.54, 1.807) is 24.1 Å². The lowest BCUT2D eigenvalue weighted by Crippen LogP contribution is -2.31. The Balaban J connectivity index is 1.70. The number of nitrogens with zero attached hydrogens (tertiary/aromatic N) is 1. The number of halogens is 2. The first kappa shape index (κ1) is 18.7. The molecule has 6 heteroatoms. The summed E-state index contributed by atoms with van der Waals surface area (Å²) in [7, 11) is 1.73. The van der Waals surface area contributed by atoms with Gasteiger partial charge in [-0.3, -0.25) is 4.79 Å². The molecule has 0 bridgehead atoms. The van der Waals surface area contributed by atoms with Crippen LogP contribution in [-0.4, -0.2) is 37.6 Å². The first-order chi connectivity index (χ1) is 12.0. The van der Waals surface area contributed by atoms with Crippen LogP contribution < -0.4 is 9.47 Å². The lowest BCUT2D eigenvalue weighted by Gasteiger charge is -2.17. The Hall–Kier alpha value is -2.63. The van der Waals surface area contributed by atoms with Crippen molar-refractivity contribution >= 4 is 5.91 Å². The number of hydrogen-bond acceptors (Lipinski definition) is 3. The van der Waals surface area contributed by atoms with Crippen molar-refractivity contribution in [2.45, 2.75) is 19.5 Å². The monoisotopic (exact) mass is 349 g/mol. The highest BCUT2D eigenvalue weighted by Crippen LogP contribution is 2.16. The molecule has 0 unspecified atom stereocenters. The molecule has 0 heterocycles. The largest absolute Gasteiger partial charge is 0.492 e. The van der Waals surface area contributed by atoms with Crippen molar-refractivity contribution in [3.8, 4) is 11.5 Å². The molecule has 0 aliphatic rings. The van der Waals surface area contributed by atoms with Crippen LogP contribution in [0.25, 0.3) is 0 Å². The Morgan fingerprint density at radius 1 is 1.04 bits per heavy atom. The van der Waals surface area contributed by atoms with Gasteiger partial charge >= 0.3 is 6.61 Å². The van der Waals surface area contributed by atoms with E-state index in [2.05, 4.69) is 4.74 Å². The van der Waals surface area contributed by atoms with Gasteiger partial charge in [0.1, 0.15) is 18.1 Å². The number of likely N-dealkylation sites (N-methyl/N-ethyl adjacent to an activating group) is 1. The number of carbonyl (C=O) groups is 1. The van der Waals surface area contributed by atoms with E-state index in [1.165, 1.54) is 12.1 Å². The number of aryl methyl sites for hydroxylation is 1. The molecule has 0 aliphatic heterocycles. The number of alkyl halides is 2. The summed E-state index contributed by atoms with van der Waals surface area (Å²) in [6.07, 6.45) is 0.883. The maximum absolute atomic E-state index is 12.1. The first-order valence-electron chi connectivity index (χ1n) is 8.00. The molecule has 0 fully saturated rings. The van der Waals surface area contributed by atoms with Crippen LogP contribution in [0.2, 0.25) is 0 Å². The fraction of sp³-hybridized carbons (Fsp3) is 0.316. The zero-order valence-electron chi connectivity index (χ0n) is 14.0. The third kappa shape index (κ3) is 6.79. The van der Waals surface area contributed by atoms with Gasteiger partial charge < -0.3 is 14.4 Å². The van der Waals surface area contributed by atoms with Crippen molar-refractivity contribution in [3.63, 3.8) is 0 Å². The highest BCUT2D eigenvalue weighted by molar-refractivity contribution is 5.76. The van der Waals surface area contributed by atoms with Gasteiger partial charge in [0.15, 0.2) is 0 Å². The summed E-state index contributed by atoms with van der Waals surface area (Å²) in [5.41, 5.74) is 0.893. The third-order valence-electron chi connectivity index (χ3n) is 3.64. The minimum atomic E-state index is -2.83. The number of ether oxygens (including phenoxy) is 2. The van der Waals surface area contributed by atoms with E-state index in [0.29, 0.717) is 26.0 Å². The molecule has 25 heavy (non-hydrogen) atoms. The zero-order valence-corrected chi connectivity index (χ0v) is 14.0. The number of amides is 1. The molecule has 0 aliphatic carbocycles. The quantitative estimate of drug-likeness (QED) is 0.692. The SMILES string of the molecule is CN(CCOc1ccccc1)C(=O)CCc1ccc(OC(F)F)cc1. The number of hydrogen-bond donors (Lipinski definition) is 0. The van der Waals surface area contributed by atoms with Crippen molar-refractivity contribution < 1.29 is 23.0 Å². The molecular formula is C19H21F2NO3. The Morgan fingerprint density at radius 3 is 2.36 bits per heavy atom. The maximum atomic E-state index is 12.1. The standard InChI is InChI=1S/C19H21F2NO3/c1-22(13-14-24-16-5-3-2-4-6-16)18(23)12-9-15-7-10-17(11-8-15)25-19(20)21/h2-8,10-11,19H,9,12-14H2,1H3. The predicted molar refractivity (Wildman–Crippen MR) is 91.0 cm³/mol. The molecule has 0 radical (unpaired) electrons. The summed E-state index contributed by atoms with van der Waals surface area (Å²) in [6.45, 7) is -1.92. The fourth-order valence-corrected chi connectivity index (χ4v) is 2.22. The van der Waals surface area contributed by atoms with Gasteiger partial charge in [-0.15, -0.1) is 0 Å².